The van der Waals surface area contributed by atoms with Gasteiger partial charge in [0.1, 0.15) is 6.04 Å². The van der Waals surface area contributed by atoms with Gasteiger partial charge in [-0.3, -0.25) is 9.59 Å². The van der Waals surface area contributed by atoms with Gasteiger partial charge in [-0.25, -0.2) is 4.79 Å². The van der Waals surface area contributed by atoms with Gasteiger partial charge in [0.15, 0.2) is 0 Å². The van der Waals surface area contributed by atoms with Gasteiger partial charge >= 0.3 is 5.97 Å². The van der Waals surface area contributed by atoms with Crippen molar-refractivity contribution < 1.29 is 24.6 Å². The standard InChI is InChI=1S/C13H20N2O5/c16-7-10(13(19)20)14-12(18)8-5-11(17)15(6-8)9-3-1-2-4-9/h8-10,16H,1-7H2,(H,14,18)(H,19,20). The lowest BCUT2D eigenvalue weighted by Crippen LogP contribution is -2.46. The number of nitrogens with zero attached hydrogens (tertiary/aromatic N) is 1. The SMILES string of the molecule is O=C(NC(CO)C(=O)O)C1CC(=O)N(C2CCCC2)C1. The summed E-state index contributed by atoms with van der Waals surface area (Å²) in [6.07, 6.45) is 4.30. The third-order valence-electron chi connectivity index (χ3n) is 4.09. The molecule has 2 fully saturated rings. The Kier molecular flexibility index (Phi) is 4.59. The van der Waals surface area contributed by atoms with Crippen LogP contribution in [0.3, 0.4) is 0 Å². The third kappa shape index (κ3) is 3.09. The molecule has 1 aliphatic carbocycles. The Morgan fingerprint density at radius 3 is 2.55 bits per heavy atom. The number of hydrogen-bond acceptors (Lipinski definition) is 4. The first-order chi connectivity index (χ1) is 9.52. The number of rotatable bonds is 5. The zero-order valence-corrected chi connectivity index (χ0v) is 11.2. The van der Waals surface area contributed by atoms with Crippen LogP contribution >= 0.6 is 0 Å². The zero-order valence-electron chi connectivity index (χ0n) is 11.2. The van der Waals surface area contributed by atoms with E-state index in [4.69, 9.17) is 10.2 Å². The van der Waals surface area contributed by atoms with Gasteiger partial charge in [0.25, 0.3) is 0 Å². The van der Waals surface area contributed by atoms with Gasteiger partial charge < -0.3 is 20.4 Å². The smallest absolute Gasteiger partial charge is 0.328 e. The molecule has 0 radical (unpaired) electrons. The number of carboxylic acids is 1. The molecule has 1 saturated carbocycles. The maximum absolute atomic E-state index is 12.0. The molecule has 112 valence electrons. The van der Waals surface area contributed by atoms with Gasteiger partial charge in [-0.1, -0.05) is 12.8 Å². The Bertz CT molecular complexity index is 406. The van der Waals surface area contributed by atoms with Gasteiger partial charge in [-0.2, -0.15) is 0 Å². The van der Waals surface area contributed by atoms with Crippen LogP contribution < -0.4 is 5.32 Å². The summed E-state index contributed by atoms with van der Waals surface area (Å²) in [5.74, 6) is -2.30. The van der Waals surface area contributed by atoms with Crippen LogP contribution in [0.1, 0.15) is 32.1 Å². The number of amides is 2. The molecule has 1 saturated heterocycles. The summed E-state index contributed by atoms with van der Waals surface area (Å²) in [7, 11) is 0. The van der Waals surface area contributed by atoms with Gasteiger partial charge in [-0.15, -0.1) is 0 Å². The molecule has 2 amide bonds. The van der Waals surface area contributed by atoms with Crippen LogP contribution in [-0.4, -0.2) is 58.1 Å². The summed E-state index contributed by atoms with van der Waals surface area (Å²) in [5, 5.41) is 20.0. The van der Waals surface area contributed by atoms with Gasteiger partial charge in [0, 0.05) is 19.0 Å². The largest absolute Gasteiger partial charge is 0.480 e. The van der Waals surface area contributed by atoms with Crippen molar-refractivity contribution in [2.75, 3.05) is 13.2 Å². The number of likely N-dealkylation sites (tertiary alicyclic amines) is 1. The van der Waals surface area contributed by atoms with E-state index in [9.17, 15) is 14.4 Å². The highest BCUT2D eigenvalue weighted by Gasteiger charge is 2.39. The minimum atomic E-state index is -1.31. The molecule has 0 bridgehead atoms. The van der Waals surface area contributed by atoms with E-state index in [1.165, 1.54) is 0 Å². The Balaban J connectivity index is 1.92. The number of carboxylic acid groups (broad SMARTS) is 1. The molecule has 2 rings (SSSR count). The predicted octanol–water partition coefficient (Wildman–Crippen LogP) is -0.661. The average Bonchev–Trinajstić information content (AvgIpc) is 3.03. The van der Waals surface area contributed by atoms with E-state index in [2.05, 4.69) is 5.32 Å². The summed E-state index contributed by atoms with van der Waals surface area (Å²) < 4.78 is 0. The van der Waals surface area contributed by atoms with Crippen molar-refractivity contribution >= 4 is 17.8 Å². The minimum Gasteiger partial charge on any atom is -0.480 e. The van der Waals surface area contributed by atoms with Gasteiger partial charge in [0.05, 0.1) is 12.5 Å². The number of aliphatic hydroxyl groups is 1. The van der Waals surface area contributed by atoms with Crippen LogP contribution in [-0.2, 0) is 14.4 Å². The second-order valence-electron chi connectivity index (χ2n) is 5.47. The highest BCUT2D eigenvalue weighted by molar-refractivity contribution is 5.91. The molecule has 1 heterocycles. The number of carbonyl (C=O) groups is 3. The van der Waals surface area contributed by atoms with Gasteiger partial charge in [0.2, 0.25) is 11.8 Å². The molecule has 7 nitrogen and oxygen atoms in total. The molecule has 2 aliphatic rings. The fourth-order valence-electron chi connectivity index (χ4n) is 2.95. The Labute approximate surface area is 116 Å². The lowest BCUT2D eigenvalue weighted by atomic mass is 10.1. The first-order valence-electron chi connectivity index (χ1n) is 6.96. The molecule has 7 heteroatoms. The van der Waals surface area contributed by atoms with E-state index < -0.39 is 30.4 Å². The zero-order chi connectivity index (χ0) is 14.7. The Hall–Kier alpha value is -1.63. The molecule has 0 aromatic heterocycles. The molecule has 2 unspecified atom stereocenters. The molecule has 20 heavy (non-hydrogen) atoms. The molecule has 3 N–H and O–H groups in total. The third-order valence-corrected chi connectivity index (χ3v) is 4.09. The van der Waals surface area contributed by atoms with Crippen molar-refractivity contribution in [3.63, 3.8) is 0 Å². The lowest BCUT2D eigenvalue weighted by Gasteiger charge is -2.24. The monoisotopic (exact) mass is 284 g/mol. The minimum absolute atomic E-state index is 0.0343. The number of aliphatic hydroxyl groups excluding tert-OH is 1. The Morgan fingerprint density at radius 2 is 2.00 bits per heavy atom. The topological polar surface area (TPSA) is 107 Å². The fraction of sp³-hybridized carbons (Fsp3) is 0.769. The van der Waals surface area contributed by atoms with Crippen molar-refractivity contribution in [3.05, 3.63) is 0 Å². The fourth-order valence-corrected chi connectivity index (χ4v) is 2.95. The molecule has 1 aliphatic heterocycles. The normalized spacial score (nSPS) is 24.9. The molecule has 2 atom stereocenters. The van der Waals surface area contributed by atoms with E-state index >= 15 is 0 Å². The first-order valence-corrected chi connectivity index (χ1v) is 6.96. The van der Waals surface area contributed by atoms with E-state index in [1.807, 2.05) is 0 Å². The Morgan fingerprint density at radius 1 is 1.35 bits per heavy atom. The van der Waals surface area contributed by atoms with Crippen molar-refractivity contribution in [1.82, 2.24) is 10.2 Å². The van der Waals surface area contributed by atoms with Crippen LogP contribution in [0.4, 0.5) is 0 Å². The summed E-state index contributed by atoms with van der Waals surface area (Å²) in [4.78, 5) is 36.4. The summed E-state index contributed by atoms with van der Waals surface area (Å²) >= 11 is 0. The average molecular weight is 284 g/mol. The van der Waals surface area contributed by atoms with Crippen molar-refractivity contribution in [2.45, 2.75) is 44.2 Å². The molecular weight excluding hydrogens is 264 g/mol. The van der Waals surface area contributed by atoms with E-state index in [0.29, 0.717) is 6.54 Å². The molecule has 0 aromatic rings. The number of nitrogens with one attached hydrogen (secondary N) is 1. The second kappa shape index (κ2) is 6.21. The second-order valence-corrected chi connectivity index (χ2v) is 5.47. The first kappa shape index (κ1) is 14.8. The van der Waals surface area contributed by atoms with Crippen LogP contribution in [0.5, 0.6) is 0 Å². The van der Waals surface area contributed by atoms with E-state index in [0.717, 1.165) is 25.7 Å². The molecule has 0 aromatic carbocycles. The number of carbonyl (C=O) groups excluding carboxylic acids is 2. The van der Waals surface area contributed by atoms with Crippen molar-refractivity contribution in [1.29, 1.82) is 0 Å². The number of aliphatic carboxylic acids is 1. The van der Waals surface area contributed by atoms with E-state index in [-0.39, 0.29) is 18.4 Å². The summed E-state index contributed by atoms with van der Waals surface area (Å²) in [5.41, 5.74) is 0. The lowest BCUT2D eigenvalue weighted by molar-refractivity contribution is -0.143. The van der Waals surface area contributed by atoms with E-state index in [1.54, 1.807) is 4.90 Å². The van der Waals surface area contributed by atoms with Crippen molar-refractivity contribution in [2.24, 2.45) is 5.92 Å². The van der Waals surface area contributed by atoms with Crippen LogP contribution in [0, 0.1) is 5.92 Å². The van der Waals surface area contributed by atoms with Crippen molar-refractivity contribution in [3.8, 4) is 0 Å². The molecule has 0 spiro atoms. The summed E-state index contributed by atoms with van der Waals surface area (Å²) in [6.45, 7) is -0.304. The van der Waals surface area contributed by atoms with Crippen LogP contribution in [0.2, 0.25) is 0 Å². The predicted molar refractivity (Wildman–Crippen MR) is 68.7 cm³/mol. The molecular formula is C13H20N2O5. The highest BCUT2D eigenvalue weighted by Crippen LogP contribution is 2.29. The van der Waals surface area contributed by atoms with Gasteiger partial charge in [-0.05, 0) is 12.8 Å². The quantitative estimate of drug-likeness (QED) is 0.621. The maximum Gasteiger partial charge on any atom is 0.328 e. The number of hydrogen-bond donors (Lipinski definition) is 3. The van der Waals surface area contributed by atoms with Crippen LogP contribution in [0.15, 0.2) is 0 Å². The highest BCUT2D eigenvalue weighted by atomic mass is 16.4. The maximum atomic E-state index is 12.0. The van der Waals surface area contributed by atoms with Crippen LogP contribution in [0.25, 0.3) is 0 Å². The summed E-state index contributed by atoms with van der Waals surface area (Å²) in [6, 6.07) is -1.08.